The second-order valence-corrected chi connectivity index (χ2v) is 5.42. The molecule has 0 spiro atoms. The van der Waals surface area contributed by atoms with Crippen LogP contribution in [0, 0.1) is 0 Å². The van der Waals surface area contributed by atoms with E-state index in [0.29, 0.717) is 6.54 Å². The van der Waals surface area contributed by atoms with Crippen LogP contribution in [-0.4, -0.2) is 46.3 Å². The van der Waals surface area contributed by atoms with E-state index in [9.17, 15) is 18.0 Å². The van der Waals surface area contributed by atoms with Crippen molar-refractivity contribution >= 4 is 16.8 Å². The van der Waals surface area contributed by atoms with Gasteiger partial charge in [-0.25, -0.2) is 0 Å². The molecule has 1 saturated heterocycles. The molecule has 0 aliphatic carbocycles. The van der Waals surface area contributed by atoms with E-state index >= 15 is 0 Å². The standard InChI is InChI=1S/C14H15F3N4O/c15-14(16,17)8-21-7-11(4-12(21)22)18-5-9-2-1-3-10-6-19-20-13(9)10/h1-3,6,11,18H,4-5,7-8H2,(H,19,20)/t11-/m0/s1. The van der Waals surface area contributed by atoms with Gasteiger partial charge in [-0.3, -0.25) is 9.89 Å². The number of carbonyl (C=O) groups excluding carboxylic acids is 1. The third-order valence-corrected chi connectivity index (χ3v) is 3.73. The van der Waals surface area contributed by atoms with E-state index in [4.69, 9.17) is 0 Å². The molecular formula is C14H15F3N4O. The number of alkyl halides is 3. The average molecular weight is 312 g/mol. The van der Waals surface area contributed by atoms with Gasteiger partial charge >= 0.3 is 6.18 Å². The molecule has 0 unspecified atom stereocenters. The number of aromatic amines is 1. The van der Waals surface area contributed by atoms with E-state index in [1.165, 1.54) is 0 Å². The van der Waals surface area contributed by atoms with Crippen LogP contribution in [-0.2, 0) is 11.3 Å². The molecule has 1 fully saturated rings. The first-order valence-corrected chi connectivity index (χ1v) is 6.91. The van der Waals surface area contributed by atoms with E-state index in [1.807, 2.05) is 18.2 Å². The normalized spacial score (nSPS) is 19.3. The number of carbonyl (C=O) groups is 1. The summed E-state index contributed by atoms with van der Waals surface area (Å²) in [4.78, 5) is 12.5. The van der Waals surface area contributed by atoms with Crippen LogP contribution in [0.4, 0.5) is 13.2 Å². The SMILES string of the molecule is O=C1C[C@H](NCc2cccc3cn[nH]c23)CN1CC(F)(F)F. The van der Waals surface area contributed by atoms with Gasteiger partial charge in [0.25, 0.3) is 0 Å². The second kappa shape index (κ2) is 5.60. The number of benzene rings is 1. The second-order valence-electron chi connectivity index (χ2n) is 5.42. The van der Waals surface area contributed by atoms with Crippen molar-refractivity contribution in [2.45, 2.75) is 25.2 Å². The highest BCUT2D eigenvalue weighted by Gasteiger charge is 2.38. The number of hydrogen-bond acceptors (Lipinski definition) is 3. The van der Waals surface area contributed by atoms with Crippen LogP contribution in [0.2, 0.25) is 0 Å². The first-order valence-electron chi connectivity index (χ1n) is 6.91. The zero-order valence-electron chi connectivity index (χ0n) is 11.7. The fourth-order valence-electron chi connectivity index (χ4n) is 2.71. The minimum absolute atomic E-state index is 0.0807. The zero-order valence-corrected chi connectivity index (χ0v) is 11.7. The summed E-state index contributed by atoms with van der Waals surface area (Å²) < 4.78 is 37.1. The number of rotatable bonds is 4. The van der Waals surface area contributed by atoms with Crippen molar-refractivity contribution in [2.75, 3.05) is 13.1 Å². The summed E-state index contributed by atoms with van der Waals surface area (Å²) >= 11 is 0. The van der Waals surface area contributed by atoms with Crippen molar-refractivity contribution in [3.63, 3.8) is 0 Å². The number of nitrogens with zero attached hydrogens (tertiary/aromatic N) is 2. The summed E-state index contributed by atoms with van der Waals surface area (Å²) in [6.45, 7) is -0.630. The fourth-order valence-corrected chi connectivity index (χ4v) is 2.71. The highest BCUT2D eigenvalue weighted by molar-refractivity contribution is 5.81. The Hall–Kier alpha value is -2.09. The lowest BCUT2D eigenvalue weighted by molar-refractivity contribution is -0.157. The van der Waals surface area contributed by atoms with Crippen molar-refractivity contribution < 1.29 is 18.0 Å². The molecule has 8 heteroatoms. The number of para-hydroxylation sites is 1. The van der Waals surface area contributed by atoms with Gasteiger partial charge in [0.15, 0.2) is 0 Å². The van der Waals surface area contributed by atoms with Gasteiger partial charge in [-0.1, -0.05) is 18.2 Å². The Morgan fingerprint density at radius 3 is 3.00 bits per heavy atom. The molecule has 2 heterocycles. The van der Waals surface area contributed by atoms with Gasteiger partial charge in [0, 0.05) is 30.9 Å². The summed E-state index contributed by atoms with van der Waals surface area (Å²) in [5.74, 6) is -0.463. The maximum absolute atomic E-state index is 12.4. The molecule has 1 aromatic carbocycles. The molecule has 1 aliphatic rings. The van der Waals surface area contributed by atoms with Crippen LogP contribution in [0.3, 0.4) is 0 Å². The van der Waals surface area contributed by atoms with Gasteiger partial charge < -0.3 is 10.2 Å². The lowest BCUT2D eigenvalue weighted by Crippen LogP contribution is -2.37. The average Bonchev–Trinajstić information content (AvgIpc) is 3.02. The number of aromatic nitrogens is 2. The van der Waals surface area contributed by atoms with Gasteiger partial charge in [0.2, 0.25) is 5.91 Å². The highest BCUT2D eigenvalue weighted by atomic mass is 19.4. The summed E-state index contributed by atoms with van der Waals surface area (Å²) in [7, 11) is 0. The third-order valence-electron chi connectivity index (χ3n) is 3.73. The Labute approximate surface area is 124 Å². The number of H-pyrrole nitrogens is 1. The van der Waals surface area contributed by atoms with E-state index < -0.39 is 18.6 Å². The molecule has 1 aliphatic heterocycles. The van der Waals surface area contributed by atoms with E-state index in [2.05, 4.69) is 15.5 Å². The first kappa shape index (κ1) is 14.8. The molecule has 1 atom stereocenters. The zero-order chi connectivity index (χ0) is 15.7. The van der Waals surface area contributed by atoms with E-state index in [0.717, 1.165) is 21.4 Å². The summed E-state index contributed by atoms with van der Waals surface area (Å²) in [5.41, 5.74) is 1.86. The molecular weight excluding hydrogens is 297 g/mol. The van der Waals surface area contributed by atoms with Crippen molar-refractivity contribution in [3.8, 4) is 0 Å². The number of likely N-dealkylation sites (tertiary alicyclic amines) is 1. The number of halogens is 3. The molecule has 118 valence electrons. The van der Waals surface area contributed by atoms with Crippen molar-refractivity contribution in [3.05, 3.63) is 30.0 Å². The number of amides is 1. The van der Waals surface area contributed by atoms with Crippen LogP contribution >= 0.6 is 0 Å². The monoisotopic (exact) mass is 312 g/mol. The number of fused-ring (bicyclic) bond motifs is 1. The van der Waals surface area contributed by atoms with Crippen molar-refractivity contribution in [2.24, 2.45) is 0 Å². The summed E-state index contributed by atoms with van der Waals surface area (Å²) in [5, 5.41) is 11.0. The van der Waals surface area contributed by atoms with Gasteiger partial charge in [-0.15, -0.1) is 0 Å². The molecule has 2 N–H and O–H groups in total. The van der Waals surface area contributed by atoms with Crippen LogP contribution in [0.5, 0.6) is 0 Å². The predicted octanol–water partition coefficient (Wildman–Crippen LogP) is 1.82. The molecule has 0 saturated carbocycles. The van der Waals surface area contributed by atoms with Crippen LogP contribution in [0.15, 0.2) is 24.4 Å². The lowest BCUT2D eigenvalue weighted by atomic mass is 10.1. The van der Waals surface area contributed by atoms with Gasteiger partial charge in [0.05, 0.1) is 11.7 Å². The molecule has 1 aromatic heterocycles. The molecule has 5 nitrogen and oxygen atoms in total. The molecule has 3 rings (SSSR count). The number of nitrogens with one attached hydrogen (secondary N) is 2. The predicted molar refractivity (Wildman–Crippen MR) is 74.0 cm³/mol. The van der Waals surface area contributed by atoms with Gasteiger partial charge in [-0.05, 0) is 5.56 Å². The summed E-state index contributed by atoms with van der Waals surface area (Å²) in [6, 6.07) is 5.46. The topological polar surface area (TPSA) is 61.0 Å². The Bertz CT molecular complexity index is 682. The van der Waals surface area contributed by atoms with Crippen LogP contribution in [0.1, 0.15) is 12.0 Å². The lowest BCUT2D eigenvalue weighted by Gasteiger charge is -2.18. The molecule has 0 bridgehead atoms. The van der Waals surface area contributed by atoms with Crippen molar-refractivity contribution in [1.29, 1.82) is 0 Å². The van der Waals surface area contributed by atoms with Crippen molar-refractivity contribution in [1.82, 2.24) is 20.4 Å². The van der Waals surface area contributed by atoms with Crippen LogP contribution < -0.4 is 5.32 Å². The van der Waals surface area contributed by atoms with Crippen LogP contribution in [0.25, 0.3) is 10.9 Å². The Morgan fingerprint density at radius 2 is 2.23 bits per heavy atom. The maximum Gasteiger partial charge on any atom is 0.406 e. The third kappa shape index (κ3) is 3.22. The summed E-state index contributed by atoms with van der Waals surface area (Å²) in [6.07, 6.45) is -2.55. The number of hydrogen-bond donors (Lipinski definition) is 2. The van der Waals surface area contributed by atoms with E-state index in [-0.39, 0.29) is 19.0 Å². The molecule has 0 radical (unpaired) electrons. The minimum Gasteiger partial charge on any atom is -0.332 e. The quantitative estimate of drug-likeness (QED) is 0.905. The smallest absolute Gasteiger partial charge is 0.332 e. The van der Waals surface area contributed by atoms with Gasteiger partial charge in [-0.2, -0.15) is 18.3 Å². The minimum atomic E-state index is -4.36. The highest BCUT2D eigenvalue weighted by Crippen LogP contribution is 2.21. The molecule has 2 aromatic rings. The Balaban J connectivity index is 1.61. The largest absolute Gasteiger partial charge is 0.406 e. The van der Waals surface area contributed by atoms with Gasteiger partial charge in [0.1, 0.15) is 6.54 Å². The maximum atomic E-state index is 12.4. The molecule has 22 heavy (non-hydrogen) atoms. The molecule has 1 amide bonds. The first-order chi connectivity index (χ1) is 10.4. The Morgan fingerprint density at radius 1 is 1.41 bits per heavy atom. The van der Waals surface area contributed by atoms with E-state index in [1.54, 1.807) is 6.20 Å². The fraction of sp³-hybridized carbons (Fsp3) is 0.429. The Kier molecular flexibility index (Phi) is 3.78.